The molecule has 0 saturated carbocycles. The van der Waals surface area contributed by atoms with Crippen LogP contribution in [0, 0.1) is 0 Å². The smallest absolute Gasteiger partial charge is 0.253 e. The van der Waals surface area contributed by atoms with Gasteiger partial charge in [0.1, 0.15) is 0 Å². The summed E-state index contributed by atoms with van der Waals surface area (Å²) in [5.41, 5.74) is 1.43. The molecule has 0 bridgehead atoms. The molecule has 2 aromatic rings. The summed E-state index contributed by atoms with van der Waals surface area (Å²) in [4.78, 5) is 37.4. The van der Waals surface area contributed by atoms with Crippen LogP contribution in [0.25, 0.3) is 0 Å². The summed E-state index contributed by atoms with van der Waals surface area (Å²) in [6.07, 6.45) is 0. The van der Waals surface area contributed by atoms with Gasteiger partial charge in [0.2, 0.25) is 5.91 Å². The average molecular weight is 404 g/mol. The SMILES string of the molecule is CN(C)C(=O)c1cccc(NC(=O)CNC(=O)c2cccc(Br)c2)c1. The minimum absolute atomic E-state index is 0.154. The summed E-state index contributed by atoms with van der Waals surface area (Å²) in [6, 6.07) is 13.5. The molecule has 3 amide bonds. The highest BCUT2D eigenvalue weighted by Crippen LogP contribution is 2.13. The Hall–Kier alpha value is -2.67. The van der Waals surface area contributed by atoms with E-state index in [1.165, 1.54) is 4.90 Å². The molecule has 0 fully saturated rings. The largest absolute Gasteiger partial charge is 0.345 e. The van der Waals surface area contributed by atoms with E-state index < -0.39 is 0 Å². The highest BCUT2D eigenvalue weighted by Gasteiger charge is 2.11. The maximum atomic E-state index is 12.0. The fraction of sp³-hybridized carbons (Fsp3) is 0.167. The van der Waals surface area contributed by atoms with E-state index in [1.54, 1.807) is 56.6 Å². The van der Waals surface area contributed by atoms with Gasteiger partial charge in [0.25, 0.3) is 11.8 Å². The number of carbonyl (C=O) groups excluding carboxylic acids is 3. The van der Waals surface area contributed by atoms with Crippen LogP contribution in [0.4, 0.5) is 5.69 Å². The zero-order chi connectivity index (χ0) is 18.4. The van der Waals surface area contributed by atoms with E-state index in [2.05, 4.69) is 26.6 Å². The van der Waals surface area contributed by atoms with Gasteiger partial charge in [-0.05, 0) is 36.4 Å². The van der Waals surface area contributed by atoms with Gasteiger partial charge in [-0.3, -0.25) is 14.4 Å². The van der Waals surface area contributed by atoms with Gasteiger partial charge < -0.3 is 15.5 Å². The lowest BCUT2D eigenvalue weighted by atomic mass is 10.2. The molecular weight excluding hydrogens is 386 g/mol. The van der Waals surface area contributed by atoms with Gasteiger partial charge in [-0.15, -0.1) is 0 Å². The van der Waals surface area contributed by atoms with Crippen LogP contribution >= 0.6 is 15.9 Å². The first-order chi connectivity index (χ1) is 11.9. The number of hydrogen-bond donors (Lipinski definition) is 2. The fourth-order valence-electron chi connectivity index (χ4n) is 2.09. The number of halogens is 1. The molecule has 0 atom stereocenters. The first-order valence-corrected chi connectivity index (χ1v) is 8.31. The third-order valence-corrected chi connectivity index (χ3v) is 3.79. The van der Waals surface area contributed by atoms with Crippen LogP contribution in [-0.4, -0.2) is 43.3 Å². The van der Waals surface area contributed by atoms with Crippen LogP contribution in [0.15, 0.2) is 53.0 Å². The highest BCUT2D eigenvalue weighted by atomic mass is 79.9. The van der Waals surface area contributed by atoms with E-state index in [1.807, 2.05) is 6.07 Å². The van der Waals surface area contributed by atoms with Crippen molar-refractivity contribution in [1.82, 2.24) is 10.2 Å². The number of nitrogens with zero attached hydrogens (tertiary/aromatic N) is 1. The predicted octanol–water partition coefficient (Wildman–Crippen LogP) is 2.52. The van der Waals surface area contributed by atoms with E-state index in [0.717, 1.165) is 4.47 Å². The number of nitrogens with one attached hydrogen (secondary N) is 2. The lowest BCUT2D eigenvalue weighted by Crippen LogP contribution is -2.32. The van der Waals surface area contributed by atoms with Gasteiger partial charge in [-0.2, -0.15) is 0 Å². The molecule has 0 unspecified atom stereocenters. The second-order valence-electron chi connectivity index (χ2n) is 5.52. The highest BCUT2D eigenvalue weighted by molar-refractivity contribution is 9.10. The van der Waals surface area contributed by atoms with E-state index in [4.69, 9.17) is 0 Å². The zero-order valence-corrected chi connectivity index (χ0v) is 15.5. The molecule has 0 aliphatic heterocycles. The predicted molar refractivity (Wildman–Crippen MR) is 99.6 cm³/mol. The molecule has 7 heteroatoms. The Morgan fingerprint density at radius 3 is 2.36 bits per heavy atom. The standard InChI is InChI=1S/C18H18BrN3O3/c1-22(2)18(25)13-6-4-8-15(10-13)21-16(23)11-20-17(24)12-5-3-7-14(19)9-12/h3-10H,11H2,1-2H3,(H,20,24)(H,21,23). The molecule has 0 radical (unpaired) electrons. The van der Waals surface area contributed by atoms with E-state index >= 15 is 0 Å². The Morgan fingerprint density at radius 1 is 1.00 bits per heavy atom. The van der Waals surface area contributed by atoms with Crippen LogP contribution in [0.2, 0.25) is 0 Å². The average Bonchev–Trinajstić information content (AvgIpc) is 2.59. The molecule has 0 spiro atoms. The molecule has 0 saturated heterocycles. The Balaban J connectivity index is 1.93. The second-order valence-corrected chi connectivity index (χ2v) is 6.44. The third-order valence-electron chi connectivity index (χ3n) is 3.30. The van der Waals surface area contributed by atoms with Crippen molar-refractivity contribution in [2.24, 2.45) is 0 Å². The van der Waals surface area contributed by atoms with Crippen LogP contribution < -0.4 is 10.6 Å². The topological polar surface area (TPSA) is 78.5 Å². The van der Waals surface area contributed by atoms with Gasteiger partial charge in [-0.25, -0.2) is 0 Å². The Bertz CT molecular complexity index is 806. The van der Waals surface area contributed by atoms with Crippen molar-refractivity contribution in [1.29, 1.82) is 0 Å². The number of amides is 3. The Morgan fingerprint density at radius 2 is 1.68 bits per heavy atom. The normalized spacial score (nSPS) is 10.0. The van der Waals surface area contributed by atoms with Crippen LogP contribution in [-0.2, 0) is 4.79 Å². The summed E-state index contributed by atoms with van der Waals surface area (Å²) in [6.45, 7) is -0.169. The molecule has 2 aromatic carbocycles. The fourth-order valence-corrected chi connectivity index (χ4v) is 2.48. The van der Waals surface area contributed by atoms with Gasteiger partial charge in [-0.1, -0.05) is 28.1 Å². The van der Waals surface area contributed by atoms with Crippen molar-refractivity contribution >= 4 is 39.3 Å². The molecule has 2 rings (SSSR count). The van der Waals surface area contributed by atoms with Crippen LogP contribution in [0.3, 0.4) is 0 Å². The van der Waals surface area contributed by atoms with Crippen molar-refractivity contribution in [3.05, 3.63) is 64.1 Å². The molecule has 6 nitrogen and oxygen atoms in total. The van der Waals surface area contributed by atoms with Crippen LogP contribution in [0.1, 0.15) is 20.7 Å². The molecule has 25 heavy (non-hydrogen) atoms. The van der Waals surface area contributed by atoms with Crippen molar-refractivity contribution < 1.29 is 14.4 Å². The minimum Gasteiger partial charge on any atom is -0.345 e. The molecule has 0 heterocycles. The lowest BCUT2D eigenvalue weighted by molar-refractivity contribution is -0.115. The van der Waals surface area contributed by atoms with Gasteiger partial charge in [0.05, 0.1) is 6.54 Å². The summed E-state index contributed by atoms with van der Waals surface area (Å²) in [5, 5.41) is 5.22. The van der Waals surface area contributed by atoms with Gasteiger partial charge in [0.15, 0.2) is 0 Å². The first kappa shape index (κ1) is 18.7. The molecule has 2 N–H and O–H groups in total. The van der Waals surface area contributed by atoms with Gasteiger partial charge >= 0.3 is 0 Å². The third kappa shape index (κ3) is 5.42. The number of rotatable bonds is 5. The summed E-state index contributed by atoms with van der Waals surface area (Å²) < 4.78 is 0.784. The minimum atomic E-state index is -0.377. The quantitative estimate of drug-likeness (QED) is 0.804. The Labute approximate surface area is 154 Å². The maximum absolute atomic E-state index is 12.0. The summed E-state index contributed by atoms with van der Waals surface area (Å²) in [5.74, 6) is -0.871. The first-order valence-electron chi connectivity index (χ1n) is 7.52. The van der Waals surface area contributed by atoms with Crippen molar-refractivity contribution in [3.8, 4) is 0 Å². The Kier molecular flexibility index (Phi) is 6.30. The molecule has 130 valence electrons. The summed E-state index contributed by atoms with van der Waals surface area (Å²) >= 11 is 3.29. The molecule has 0 aromatic heterocycles. The van der Waals surface area contributed by atoms with Gasteiger partial charge in [0, 0.05) is 35.4 Å². The number of carbonyl (C=O) groups is 3. The number of benzene rings is 2. The lowest BCUT2D eigenvalue weighted by Gasteiger charge is -2.12. The summed E-state index contributed by atoms with van der Waals surface area (Å²) in [7, 11) is 3.32. The van der Waals surface area contributed by atoms with Crippen molar-refractivity contribution in [2.45, 2.75) is 0 Å². The number of hydrogen-bond acceptors (Lipinski definition) is 3. The molecule has 0 aliphatic rings. The number of anilines is 1. The van der Waals surface area contributed by atoms with Crippen molar-refractivity contribution in [2.75, 3.05) is 26.0 Å². The van der Waals surface area contributed by atoms with E-state index in [0.29, 0.717) is 16.8 Å². The monoisotopic (exact) mass is 403 g/mol. The van der Waals surface area contributed by atoms with E-state index in [-0.39, 0.29) is 24.3 Å². The van der Waals surface area contributed by atoms with Crippen LogP contribution in [0.5, 0.6) is 0 Å². The maximum Gasteiger partial charge on any atom is 0.253 e. The van der Waals surface area contributed by atoms with Crippen molar-refractivity contribution in [3.63, 3.8) is 0 Å². The molecule has 0 aliphatic carbocycles. The second kappa shape index (κ2) is 8.43. The molecular formula is C18H18BrN3O3. The van der Waals surface area contributed by atoms with E-state index in [9.17, 15) is 14.4 Å². The zero-order valence-electron chi connectivity index (χ0n) is 13.9.